The number of aliphatic carboxylic acids is 1. The van der Waals surface area contributed by atoms with Crippen molar-refractivity contribution in [3.63, 3.8) is 0 Å². The first-order chi connectivity index (χ1) is 20.8. The van der Waals surface area contributed by atoms with Gasteiger partial charge in [-0.15, -0.1) is 0 Å². The van der Waals surface area contributed by atoms with Crippen molar-refractivity contribution in [2.24, 2.45) is 5.92 Å². The summed E-state index contributed by atoms with van der Waals surface area (Å²) >= 11 is 0. The Morgan fingerprint density at radius 1 is 0.814 bits per heavy atom. The van der Waals surface area contributed by atoms with Crippen LogP contribution in [-0.4, -0.2) is 42.0 Å². The predicted octanol–water partition coefficient (Wildman–Crippen LogP) is 6.87. The lowest BCUT2D eigenvalue weighted by Crippen LogP contribution is -2.33. The van der Waals surface area contributed by atoms with E-state index < -0.39 is 12.0 Å². The van der Waals surface area contributed by atoms with Crippen molar-refractivity contribution in [3.05, 3.63) is 126 Å². The maximum absolute atomic E-state index is 13.1. The number of anilines is 2. The van der Waals surface area contributed by atoms with Crippen LogP contribution in [0.5, 0.6) is 5.75 Å². The monoisotopic (exact) mass is 578 g/mol. The number of hydrogen-bond acceptors (Lipinski definition) is 5. The van der Waals surface area contributed by atoms with Gasteiger partial charge in [-0.05, 0) is 54.3 Å². The van der Waals surface area contributed by atoms with Gasteiger partial charge in [0.05, 0.1) is 6.61 Å². The molecule has 0 radical (unpaired) electrons. The number of nitrogens with zero attached hydrogens (tertiary/aromatic N) is 1. The summed E-state index contributed by atoms with van der Waals surface area (Å²) in [5.74, 6) is -0.153. The number of rotatable bonds is 15. The lowest BCUT2D eigenvalue weighted by atomic mass is 10.00. The Morgan fingerprint density at radius 2 is 1.44 bits per heavy atom. The first-order valence-electron chi connectivity index (χ1n) is 14.6. The van der Waals surface area contributed by atoms with E-state index in [2.05, 4.69) is 5.32 Å². The fraction of sp³-hybridized carbons (Fsp3) is 0.250. The van der Waals surface area contributed by atoms with Gasteiger partial charge in [-0.25, -0.2) is 4.79 Å². The molecule has 0 bridgehead atoms. The van der Waals surface area contributed by atoms with Crippen LogP contribution in [0.3, 0.4) is 0 Å². The van der Waals surface area contributed by atoms with Gasteiger partial charge in [0, 0.05) is 41.9 Å². The van der Waals surface area contributed by atoms with Gasteiger partial charge in [0.1, 0.15) is 11.8 Å². The van der Waals surface area contributed by atoms with Gasteiger partial charge in [0.25, 0.3) is 0 Å². The summed E-state index contributed by atoms with van der Waals surface area (Å²) in [6, 6.07) is 31.9. The SMILES string of the molecule is CC(C)CC(=O)N(CCCOc1ccc(C[C@H](Nc2ccccc2C(=O)c2ccccc2)C(=O)O)cc1)c1ccccc1. The van der Waals surface area contributed by atoms with E-state index in [4.69, 9.17) is 4.74 Å². The third kappa shape index (κ3) is 9.04. The van der Waals surface area contributed by atoms with Crippen LogP contribution in [0.15, 0.2) is 109 Å². The highest BCUT2D eigenvalue weighted by atomic mass is 16.5. The van der Waals surface area contributed by atoms with Gasteiger partial charge in [0.15, 0.2) is 5.78 Å². The Morgan fingerprint density at radius 3 is 2.09 bits per heavy atom. The molecular formula is C36H38N2O5. The molecule has 0 spiro atoms. The summed E-state index contributed by atoms with van der Waals surface area (Å²) < 4.78 is 5.93. The van der Waals surface area contributed by atoms with Crippen molar-refractivity contribution in [2.45, 2.75) is 39.2 Å². The van der Waals surface area contributed by atoms with Gasteiger partial charge in [-0.2, -0.15) is 0 Å². The maximum atomic E-state index is 13.1. The van der Waals surface area contributed by atoms with Gasteiger partial charge in [-0.3, -0.25) is 9.59 Å². The molecule has 0 aliphatic carbocycles. The number of ether oxygens (including phenoxy) is 1. The van der Waals surface area contributed by atoms with Crippen molar-refractivity contribution in [3.8, 4) is 5.75 Å². The van der Waals surface area contributed by atoms with Crippen LogP contribution >= 0.6 is 0 Å². The molecule has 4 aromatic rings. The van der Waals surface area contributed by atoms with Crippen molar-refractivity contribution in [1.29, 1.82) is 0 Å². The Kier molecular flexibility index (Phi) is 11.1. The van der Waals surface area contributed by atoms with E-state index >= 15 is 0 Å². The largest absolute Gasteiger partial charge is 0.494 e. The van der Waals surface area contributed by atoms with Crippen molar-refractivity contribution < 1.29 is 24.2 Å². The minimum atomic E-state index is -1.02. The average molecular weight is 579 g/mol. The first-order valence-corrected chi connectivity index (χ1v) is 14.6. The Hall–Kier alpha value is -4.91. The number of hydrogen-bond donors (Lipinski definition) is 2. The van der Waals surface area contributed by atoms with Crippen molar-refractivity contribution in [2.75, 3.05) is 23.4 Å². The number of amides is 1. The lowest BCUT2D eigenvalue weighted by molar-refractivity contribution is -0.137. The van der Waals surface area contributed by atoms with E-state index in [-0.39, 0.29) is 24.0 Å². The molecule has 7 heteroatoms. The van der Waals surface area contributed by atoms with Crippen LogP contribution in [0.1, 0.15) is 48.2 Å². The quantitative estimate of drug-likeness (QED) is 0.118. The molecule has 0 fully saturated rings. The second-order valence-electron chi connectivity index (χ2n) is 10.8. The molecule has 4 aromatic carbocycles. The number of nitrogens with one attached hydrogen (secondary N) is 1. The number of para-hydroxylation sites is 2. The molecular weight excluding hydrogens is 540 g/mol. The molecule has 0 aliphatic rings. The zero-order chi connectivity index (χ0) is 30.6. The minimum Gasteiger partial charge on any atom is -0.494 e. The van der Waals surface area contributed by atoms with Crippen LogP contribution < -0.4 is 15.0 Å². The topological polar surface area (TPSA) is 95.9 Å². The highest BCUT2D eigenvalue weighted by Gasteiger charge is 2.21. The molecule has 1 amide bonds. The van der Waals surface area contributed by atoms with Gasteiger partial charge < -0.3 is 20.1 Å². The van der Waals surface area contributed by atoms with Crippen LogP contribution in [0.25, 0.3) is 0 Å². The fourth-order valence-corrected chi connectivity index (χ4v) is 4.78. The molecule has 0 unspecified atom stereocenters. The molecule has 0 saturated carbocycles. The summed E-state index contributed by atoms with van der Waals surface area (Å²) in [5.41, 5.74) is 3.12. The van der Waals surface area contributed by atoms with Crippen LogP contribution in [0, 0.1) is 5.92 Å². The number of carbonyl (C=O) groups excluding carboxylic acids is 2. The van der Waals surface area contributed by atoms with Crippen molar-refractivity contribution in [1.82, 2.24) is 0 Å². The minimum absolute atomic E-state index is 0.0965. The van der Waals surface area contributed by atoms with Gasteiger partial charge in [0.2, 0.25) is 5.91 Å². The molecule has 0 aliphatic heterocycles. The molecule has 7 nitrogen and oxygen atoms in total. The highest BCUT2D eigenvalue weighted by Crippen LogP contribution is 2.22. The molecule has 0 saturated heterocycles. The smallest absolute Gasteiger partial charge is 0.326 e. The Bertz CT molecular complexity index is 1490. The summed E-state index contributed by atoms with van der Waals surface area (Å²) in [6.07, 6.45) is 1.36. The van der Waals surface area contributed by atoms with Crippen LogP contribution in [-0.2, 0) is 16.0 Å². The molecule has 0 heterocycles. The van der Waals surface area contributed by atoms with Gasteiger partial charge in [-0.1, -0.05) is 86.6 Å². The molecule has 43 heavy (non-hydrogen) atoms. The third-order valence-corrected chi connectivity index (χ3v) is 6.95. The molecule has 2 N–H and O–H groups in total. The summed E-state index contributed by atoms with van der Waals surface area (Å²) in [4.78, 5) is 39.9. The number of benzene rings is 4. The first kappa shape index (κ1) is 31.0. The molecule has 1 atom stereocenters. The van der Waals surface area contributed by atoms with E-state index in [1.54, 1.807) is 48.5 Å². The summed E-state index contributed by atoms with van der Waals surface area (Å²) in [6.45, 7) is 5.06. The standard InChI is InChI=1S/C36H38N2O5/c1-26(2)24-34(39)38(29-14-7-4-8-15-29)22-11-23-43-30-20-18-27(19-21-30)25-33(36(41)42)37-32-17-10-9-16-31(32)35(40)28-12-5-3-6-13-28/h3-10,12-21,26,33,37H,11,22-25H2,1-2H3,(H,41,42)/t33-/m0/s1. The van der Waals surface area contributed by atoms with Crippen LogP contribution in [0.4, 0.5) is 11.4 Å². The zero-order valence-corrected chi connectivity index (χ0v) is 24.6. The second kappa shape index (κ2) is 15.4. The van der Waals surface area contributed by atoms with Crippen molar-refractivity contribution >= 4 is 29.0 Å². The Balaban J connectivity index is 1.34. The molecule has 4 rings (SSSR count). The number of ketones is 1. The normalized spacial score (nSPS) is 11.5. The van der Waals surface area contributed by atoms with E-state index in [0.29, 0.717) is 48.6 Å². The highest BCUT2D eigenvalue weighted by molar-refractivity contribution is 6.12. The van der Waals surface area contributed by atoms with Crippen LogP contribution in [0.2, 0.25) is 0 Å². The fourth-order valence-electron chi connectivity index (χ4n) is 4.78. The Labute approximate surface area is 253 Å². The van der Waals surface area contributed by atoms with E-state index in [1.165, 1.54) is 0 Å². The van der Waals surface area contributed by atoms with Gasteiger partial charge >= 0.3 is 5.97 Å². The molecule has 222 valence electrons. The number of carboxylic acids is 1. The summed E-state index contributed by atoms with van der Waals surface area (Å²) in [5, 5.41) is 13.0. The number of carbonyl (C=O) groups is 3. The van der Waals surface area contributed by atoms with E-state index in [0.717, 1.165) is 11.3 Å². The zero-order valence-electron chi connectivity index (χ0n) is 24.6. The maximum Gasteiger partial charge on any atom is 0.326 e. The average Bonchev–Trinajstić information content (AvgIpc) is 3.01. The lowest BCUT2D eigenvalue weighted by Gasteiger charge is -2.24. The van der Waals surface area contributed by atoms with E-state index in [1.807, 2.05) is 79.4 Å². The second-order valence-corrected chi connectivity index (χ2v) is 10.8. The molecule has 0 aromatic heterocycles. The third-order valence-electron chi connectivity index (χ3n) is 6.95. The summed E-state index contributed by atoms with van der Waals surface area (Å²) in [7, 11) is 0. The predicted molar refractivity (Wildman–Crippen MR) is 170 cm³/mol. The number of carboxylic acid groups (broad SMARTS) is 1. The van der Waals surface area contributed by atoms with E-state index in [9.17, 15) is 19.5 Å².